The third kappa shape index (κ3) is 4.46. The number of Topliss-reactive ketones (excluding diaryl/α,β-unsaturated/α-hetero) is 1. The molecule has 0 bridgehead atoms. The molecule has 1 amide bonds. The number of aliphatic hydroxyl groups excluding tert-OH is 1. The predicted octanol–water partition coefficient (Wildman–Crippen LogP) is 6.30. The van der Waals surface area contributed by atoms with Crippen LogP contribution in [-0.4, -0.2) is 28.4 Å². The van der Waals surface area contributed by atoms with Crippen molar-refractivity contribution in [3.05, 3.63) is 94.6 Å². The number of ketones is 1. The summed E-state index contributed by atoms with van der Waals surface area (Å²) in [5.41, 5.74) is 1.86. The van der Waals surface area contributed by atoms with Crippen LogP contribution in [0.25, 0.3) is 16.0 Å². The number of amides is 1. The molecule has 1 fully saturated rings. The van der Waals surface area contributed by atoms with E-state index in [0.717, 1.165) is 35.5 Å². The van der Waals surface area contributed by atoms with E-state index >= 15 is 0 Å². The molecule has 6 nitrogen and oxygen atoms in total. The highest BCUT2D eigenvalue weighted by Gasteiger charge is 2.48. The number of aryl methyl sites for hydroxylation is 1. The van der Waals surface area contributed by atoms with Crippen LogP contribution in [0.1, 0.15) is 36.1 Å². The van der Waals surface area contributed by atoms with Gasteiger partial charge in [0.2, 0.25) is 0 Å². The molecule has 4 aromatic rings. The van der Waals surface area contributed by atoms with E-state index in [1.807, 2.05) is 26.0 Å². The summed E-state index contributed by atoms with van der Waals surface area (Å²) >= 11 is 0.959. The molecular formula is C28H22F2N2O4S. The summed E-state index contributed by atoms with van der Waals surface area (Å²) in [5.74, 6) is -3.60. The van der Waals surface area contributed by atoms with Crippen molar-refractivity contribution in [2.24, 2.45) is 0 Å². The largest absolute Gasteiger partial charge is 0.507 e. The Morgan fingerprint density at radius 2 is 1.81 bits per heavy atom. The molecule has 0 radical (unpaired) electrons. The molecule has 37 heavy (non-hydrogen) atoms. The van der Waals surface area contributed by atoms with Crippen LogP contribution in [-0.2, 0) is 9.59 Å². The first-order chi connectivity index (χ1) is 17.8. The van der Waals surface area contributed by atoms with Gasteiger partial charge >= 0.3 is 5.91 Å². The van der Waals surface area contributed by atoms with Crippen LogP contribution >= 0.6 is 11.3 Å². The Morgan fingerprint density at radius 3 is 2.51 bits per heavy atom. The third-order valence-corrected chi connectivity index (χ3v) is 7.05. The van der Waals surface area contributed by atoms with E-state index in [1.54, 1.807) is 36.4 Å². The Labute approximate surface area is 215 Å². The van der Waals surface area contributed by atoms with Gasteiger partial charge in [0.15, 0.2) is 16.8 Å². The van der Waals surface area contributed by atoms with Crippen LogP contribution < -0.4 is 9.64 Å². The van der Waals surface area contributed by atoms with Gasteiger partial charge in [0.1, 0.15) is 11.5 Å². The van der Waals surface area contributed by atoms with Gasteiger partial charge in [0, 0.05) is 11.6 Å². The third-order valence-electron chi connectivity index (χ3n) is 6.03. The quantitative estimate of drug-likeness (QED) is 0.183. The summed E-state index contributed by atoms with van der Waals surface area (Å²) in [6, 6.07) is 14.8. The normalized spacial score (nSPS) is 17.1. The van der Waals surface area contributed by atoms with Crippen molar-refractivity contribution >= 4 is 44.1 Å². The minimum Gasteiger partial charge on any atom is -0.507 e. The number of rotatable bonds is 6. The molecule has 0 spiro atoms. The maximum absolute atomic E-state index is 13.8. The zero-order chi connectivity index (χ0) is 26.3. The highest BCUT2D eigenvalue weighted by Crippen LogP contribution is 2.44. The van der Waals surface area contributed by atoms with Crippen molar-refractivity contribution in [2.75, 3.05) is 11.5 Å². The summed E-state index contributed by atoms with van der Waals surface area (Å²) < 4.78 is 33.6. The molecule has 5 rings (SSSR count). The maximum Gasteiger partial charge on any atom is 0.301 e. The number of hydrogen-bond acceptors (Lipinski definition) is 6. The van der Waals surface area contributed by atoms with Crippen molar-refractivity contribution in [2.45, 2.75) is 26.3 Å². The van der Waals surface area contributed by atoms with Crippen molar-refractivity contribution in [1.82, 2.24) is 4.98 Å². The highest BCUT2D eigenvalue weighted by atomic mass is 32.1. The van der Waals surface area contributed by atoms with Crippen molar-refractivity contribution in [3.8, 4) is 5.75 Å². The Bertz CT molecular complexity index is 1520. The van der Waals surface area contributed by atoms with Gasteiger partial charge in [-0.2, -0.15) is 0 Å². The van der Waals surface area contributed by atoms with Gasteiger partial charge in [0.05, 0.1) is 28.4 Å². The molecule has 1 saturated heterocycles. The van der Waals surface area contributed by atoms with Crippen LogP contribution in [0.4, 0.5) is 13.9 Å². The number of aromatic nitrogens is 1. The van der Waals surface area contributed by atoms with E-state index < -0.39 is 29.4 Å². The average Bonchev–Trinajstić information content (AvgIpc) is 3.40. The number of nitrogens with zero attached hydrogens (tertiary/aromatic N) is 2. The standard InChI is InChI=1S/C28H22F2N2O4S/c1-3-11-36-18-9-7-16(8-10-18)25(33)23-24(17-6-4-5-15(2)12-17)32(27(35)26(23)34)28-31-21-13-19(29)20(30)14-22(21)37-28/h4-10,12-14,24,33H,3,11H2,1-2H3/b25-23+. The van der Waals surface area contributed by atoms with Crippen LogP contribution in [0, 0.1) is 18.6 Å². The number of carbonyl (C=O) groups is 2. The minimum absolute atomic E-state index is 0.0935. The number of fused-ring (bicyclic) bond motifs is 1. The van der Waals surface area contributed by atoms with E-state index in [0.29, 0.717) is 28.2 Å². The summed E-state index contributed by atoms with van der Waals surface area (Å²) in [4.78, 5) is 32.2. The van der Waals surface area contributed by atoms with Crippen molar-refractivity contribution in [3.63, 3.8) is 0 Å². The van der Waals surface area contributed by atoms with Crippen LogP contribution in [0.5, 0.6) is 5.75 Å². The number of thiazole rings is 1. The lowest BCUT2D eigenvalue weighted by Crippen LogP contribution is -2.29. The maximum atomic E-state index is 13.8. The van der Waals surface area contributed by atoms with Crippen molar-refractivity contribution in [1.29, 1.82) is 0 Å². The van der Waals surface area contributed by atoms with Crippen molar-refractivity contribution < 1.29 is 28.2 Å². The molecule has 1 aromatic heterocycles. The summed E-state index contributed by atoms with van der Waals surface area (Å²) in [6.45, 7) is 4.40. The Morgan fingerprint density at radius 1 is 1.08 bits per heavy atom. The SMILES string of the molecule is CCCOc1ccc(/C(O)=C2\C(=O)C(=O)N(c3nc4cc(F)c(F)cc4s3)C2c2cccc(C)c2)cc1. The van der Waals surface area contributed by atoms with Crippen LogP contribution in [0.15, 0.2) is 66.2 Å². The summed E-state index contributed by atoms with van der Waals surface area (Å²) in [7, 11) is 0. The number of ether oxygens (including phenoxy) is 1. The molecule has 1 N–H and O–H groups in total. The van der Waals surface area contributed by atoms with E-state index in [4.69, 9.17) is 4.74 Å². The summed E-state index contributed by atoms with van der Waals surface area (Å²) in [6.07, 6.45) is 0.840. The minimum atomic E-state index is -1.06. The smallest absolute Gasteiger partial charge is 0.301 e. The fourth-order valence-electron chi connectivity index (χ4n) is 4.28. The highest BCUT2D eigenvalue weighted by molar-refractivity contribution is 7.22. The van der Waals surface area contributed by atoms with Gasteiger partial charge < -0.3 is 9.84 Å². The Balaban J connectivity index is 1.66. The molecule has 1 atom stereocenters. The number of aliphatic hydroxyl groups is 1. The monoisotopic (exact) mass is 520 g/mol. The molecule has 1 aliphatic rings. The molecule has 1 unspecified atom stereocenters. The van der Waals surface area contributed by atoms with E-state index in [-0.39, 0.29) is 22.0 Å². The van der Waals surface area contributed by atoms with E-state index in [1.165, 1.54) is 4.90 Å². The zero-order valence-electron chi connectivity index (χ0n) is 20.0. The fourth-order valence-corrected chi connectivity index (χ4v) is 5.28. The first-order valence-corrected chi connectivity index (χ1v) is 12.5. The second kappa shape index (κ2) is 9.74. The Kier molecular flexibility index (Phi) is 6.47. The Hall–Kier alpha value is -4.11. The molecule has 9 heteroatoms. The van der Waals surface area contributed by atoms with E-state index in [2.05, 4.69) is 4.98 Å². The number of halogens is 2. The lowest BCUT2D eigenvalue weighted by Gasteiger charge is -2.23. The zero-order valence-corrected chi connectivity index (χ0v) is 20.8. The lowest BCUT2D eigenvalue weighted by atomic mass is 9.94. The van der Waals surface area contributed by atoms with Gasteiger partial charge in [-0.05, 0) is 49.2 Å². The molecule has 2 heterocycles. The second-order valence-corrected chi connectivity index (χ2v) is 9.70. The summed E-state index contributed by atoms with van der Waals surface area (Å²) in [5, 5.41) is 11.4. The van der Waals surface area contributed by atoms with Gasteiger partial charge in [-0.25, -0.2) is 13.8 Å². The second-order valence-electron chi connectivity index (χ2n) is 8.69. The number of hydrogen-bond donors (Lipinski definition) is 1. The number of benzene rings is 3. The van der Waals surface area contributed by atoms with Crippen LogP contribution in [0.3, 0.4) is 0 Å². The van der Waals surface area contributed by atoms with Gasteiger partial charge in [-0.3, -0.25) is 14.5 Å². The predicted molar refractivity (Wildman–Crippen MR) is 138 cm³/mol. The van der Waals surface area contributed by atoms with Gasteiger partial charge in [-0.15, -0.1) is 0 Å². The van der Waals surface area contributed by atoms with Gasteiger partial charge in [0.25, 0.3) is 5.78 Å². The molecule has 188 valence electrons. The fraction of sp³-hybridized carbons (Fsp3) is 0.179. The molecule has 3 aromatic carbocycles. The molecular weight excluding hydrogens is 498 g/mol. The topological polar surface area (TPSA) is 79.7 Å². The van der Waals surface area contributed by atoms with E-state index in [9.17, 15) is 23.5 Å². The first-order valence-electron chi connectivity index (χ1n) is 11.6. The lowest BCUT2D eigenvalue weighted by molar-refractivity contribution is -0.132. The molecule has 1 aliphatic heterocycles. The first kappa shape index (κ1) is 24.6. The number of anilines is 1. The molecule has 0 aliphatic carbocycles. The average molecular weight is 521 g/mol. The van der Waals surface area contributed by atoms with Gasteiger partial charge in [-0.1, -0.05) is 48.1 Å². The number of carbonyl (C=O) groups excluding carboxylic acids is 2. The van der Waals surface area contributed by atoms with Crippen LogP contribution in [0.2, 0.25) is 0 Å². The molecule has 0 saturated carbocycles.